The molecule has 1 atom stereocenters. The Labute approximate surface area is 181 Å². The van der Waals surface area contributed by atoms with E-state index in [1.165, 1.54) is 10.5 Å². The average molecular weight is 421 g/mol. The van der Waals surface area contributed by atoms with E-state index in [2.05, 4.69) is 41.2 Å². The van der Waals surface area contributed by atoms with Gasteiger partial charge in [-0.15, -0.1) is 11.8 Å². The molecule has 3 aromatic carbocycles. The molecule has 5 nitrogen and oxygen atoms in total. The number of para-hydroxylation sites is 2. The molecule has 0 heterocycles. The van der Waals surface area contributed by atoms with Gasteiger partial charge < -0.3 is 15.5 Å². The molecule has 0 bridgehead atoms. The zero-order chi connectivity index (χ0) is 21.3. The van der Waals surface area contributed by atoms with Crippen molar-refractivity contribution in [3.05, 3.63) is 90.0 Å². The first-order chi connectivity index (χ1) is 14.5. The second kappa shape index (κ2) is 10.6. The summed E-state index contributed by atoms with van der Waals surface area (Å²) in [7, 11) is 1.98. The highest BCUT2D eigenvalue weighted by molar-refractivity contribution is 7.98. The lowest BCUT2D eigenvalue weighted by Gasteiger charge is -2.15. The van der Waals surface area contributed by atoms with E-state index in [1.54, 1.807) is 36.0 Å². The van der Waals surface area contributed by atoms with Crippen LogP contribution >= 0.6 is 11.8 Å². The molecule has 0 fully saturated rings. The van der Waals surface area contributed by atoms with Gasteiger partial charge in [0.05, 0.1) is 18.3 Å². The Morgan fingerprint density at radius 3 is 2.23 bits per heavy atom. The summed E-state index contributed by atoms with van der Waals surface area (Å²) < 4.78 is 0. The predicted octanol–water partition coefficient (Wildman–Crippen LogP) is 3.31. The zero-order valence-electron chi connectivity index (χ0n) is 17.1. The lowest BCUT2D eigenvalue weighted by molar-refractivity contribution is -0.885. The first kappa shape index (κ1) is 21.6. The third-order valence-electron chi connectivity index (χ3n) is 4.60. The van der Waals surface area contributed by atoms with Gasteiger partial charge in [0, 0.05) is 16.1 Å². The van der Waals surface area contributed by atoms with Crippen LogP contribution in [0.15, 0.2) is 83.8 Å². The number of benzene rings is 3. The van der Waals surface area contributed by atoms with Crippen LogP contribution in [0.2, 0.25) is 0 Å². The molecule has 3 rings (SSSR count). The predicted molar refractivity (Wildman–Crippen MR) is 123 cm³/mol. The number of likely N-dealkylation sites (N-methyl/N-ethyl adjacent to an activating group) is 1. The van der Waals surface area contributed by atoms with Gasteiger partial charge in [-0.25, -0.2) is 0 Å². The second-order valence-corrected chi connectivity index (χ2v) is 7.95. The largest absolute Gasteiger partial charge is 0.326 e. The first-order valence-corrected chi connectivity index (χ1v) is 11.0. The Bertz CT molecular complexity index is 991. The number of rotatable bonds is 8. The topological polar surface area (TPSA) is 62.6 Å². The van der Waals surface area contributed by atoms with Crippen molar-refractivity contribution >= 4 is 35.0 Å². The number of amides is 2. The minimum atomic E-state index is -0.258. The fourth-order valence-electron chi connectivity index (χ4n) is 3.13. The quantitative estimate of drug-likeness (QED) is 0.490. The van der Waals surface area contributed by atoms with Gasteiger partial charge in [0.2, 0.25) is 0 Å². The Morgan fingerprint density at radius 2 is 1.53 bits per heavy atom. The Hall–Kier alpha value is -3.09. The fraction of sp³-hybridized carbons (Fsp3) is 0.167. The summed E-state index contributed by atoms with van der Waals surface area (Å²) in [6.07, 6.45) is 2.05. The molecule has 1 unspecified atom stereocenters. The number of nitrogens with one attached hydrogen (secondary N) is 3. The molecule has 3 N–H and O–H groups in total. The third-order valence-corrected chi connectivity index (χ3v) is 5.35. The smallest absolute Gasteiger partial charge is 0.279 e. The molecular formula is C24H26N3O2S+. The summed E-state index contributed by atoms with van der Waals surface area (Å²) in [5, 5.41) is 5.75. The number of carbonyl (C=O) groups excluding carboxylic acids is 2. The van der Waals surface area contributed by atoms with Crippen molar-refractivity contribution < 1.29 is 14.5 Å². The van der Waals surface area contributed by atoms with Gasteiger partial charge >= 0.3 is 0 Å². The maximum atomic E-state index is 12.7. The minimum Gasteiger partial charge on any atom is -0.326 e. The zero-order valence-corrected chi connectivity index (χ0v) is 18.0. The van der Waals surface area contributed by atoms with Gasteiger partial charge in [-0.1, -0.05) is 42.5 Å². The number of anilines is 2. The van der Waals surface area contributed by atoms with E-state index in [9.17, 15) is 9.59 Å². The van der Waals surface area contributed by atoms with E-state index in [0.717, 1.165) is 11.4 Å². The lowest BCUT2D eigenvalue weighted by atomic mass is 10.1. The number of carbonyl (C=O) groups is 2. The molecule has 154 valence electrons. The Balaban J connectivity index is 1.60. The molecule has 0 aliphatic heterocycles. The molecule has 0 saturated carbocycles. The van der Waals surface area contributed by atoms with Gasteiger partial charge in [-0.05, 0) is 42.7 Å². The van der Waals surface area contributed by atoms with Crippen LogP contribution in [-0.2, 0) is 11.3 Å². The van der Waals surface area contributed by atoms with Gasteiger partial charge in [-0.2, -0.15) is 0 Å². The normalized spacial score (nSPS) is 11.5. The fourth-order valence-corrected chi connectivity index (χ4v) is 3.54. The monoisotopic (exact) mass is 420 g/mol. The van der Waals surface area contributed by atoms with E-state index >= 15 is 0 Å². The Kier molecular flexibility index (Phi) is 7.65. The maximum Gasteiger partial charge on any atom is 0.279 e. The third kappa shape index (κ3) is 6.20. The molecule has 2 amide bonds. The molecule has 0 aliphatic carbocycles. The number of hydrogen-bond donors (Lipinski definition) is 3. The van der Waals surface area contributed by atoms with Crippen molar-refractivity contribution in [1.82, 2.24) is 0 Å². The highest BCUT2D eigenvalue weighted by Crippen LogP contribution is 2.17. The SMILES string of the molecule is CSc1ccc(C[NH+](C)CC(=O)Nc2ccccc2C(=O)Nc2ccccc2)cc1. The molecule has 0 saturated heterocycles. The highest BCUT2D eigenvalue weighted by atomic mass is 32.2. The Morgan fingerprint density at radius 1 is 0.867 bits per heavy atom. The maximum absolute atomic E-state index is 12.7. The van der Waals surface area contributed by atoms with E-state index in [0.29, 0.717) is 23.5 Å². The van der Waals surface area contributed by atoms with Crippen molar-refractivity contribution in [3.8, 4) is 0 Å². The lowest BCUT2D eigenvalue weighted by Crippen LogP contribution is -3.08. The van der Waals surface area contributed by atoms with Crippen LogP contribution in [0.3, 0.4) is 0 Å². The van der Waals surface area contributed by atoms with Gasteiger partial charge in [0.1, 0.15) is 6.54 Å². The van der Waals surface area contributed by atoms with E-state index in [1.807, 2.05) is 37.4 Å². The summed E-state index contributed by atoms with van der Waals surface area (Å²) in [4.78, 5) is 27.5. The van der Waals surface area contributed by atoms with Crippen LogP contribution in [0, 0.1) is 0 Å². The van der Waals surface area contributed by atoms with Crippen LogP contribution in [0.5, 0.6) is 0 Å². The molecule has 30 heavy (non-hydrogen) atoms. The molecule has 3 aromatic rings. The highest BCUT2D eigenvalue weighted by Gasteiger charge is 2.16. The van der Waals surface area contributed by atoms with Crippen molar-refractivity contribution in [2.24, 2.45) is 0 Å². The summed E-state index contributed by atoms with van der Waals surface area (Å²) in [5.74, 6) is -0.389. The van der Waals surface area contributed by atoms with Crippen molar-refractivity contribution in [2.45, 2.75) is 11.4 Å². The van der Waals surface area contributed by atoms with E-state index in [4.69, 9.17) is 0 Å². The minimum absolute atomic E-state index is 0.131. The van der Waals surface area contributed by atoms with Gasteiger partial charge in [-0.3, -0.25) is 9.59 Å². The summed E-state index contributed by atoms with van der Waals surface area (Å²) >= 11 is 1.71. The standard InChI is InChI=1S/C24H25N3O2S/c1-27(16-18-12-14-20(30-2)15-13-18)17-23(28)26-22-11-7-6-10-21(22)24(29)25-19-8-4-3-5-9-19/h3-15H,16-17H2,1-2H3,(H,25,29)(H,26,28)/p+1. The summed E-state index contributed by atoms with van der Waals surface area (Å²) in [5.41, 5.74) is 2.83. The molecule has 0 spiro atoms. The van der Waals surface area contributed by atoms with Crippen LogP contribution in [0.4, 0.5) is 11.4 Å². The van der Waals surface area contributed by atoms with Crippen molar-refractivity contribution in [3.63, 3.8) is 0 Å². The second-order valence-electron chi connectivity index (χ2n) is 7.07. The van der Waals surface area contributed by atoms with Crippen molar-refractivity contribution in [1.29, 1.82) is 0 Å². The molecule has 0 aliphatic rings. The average Bonchev–Trinajstić information content (AvgIpc) is 2.75. The van der Waals surface area contributed by atoms with Crippen LogP contribution in [-0.4, -0.2) is 31.7 Å². The van der Waals surface area contributed by atoms with Gasteiger partial charge in [0.25, 0.3) is 11.8 Å². The van der Waals surface area contributed by atoms with Gasteiger partial charge in [0.15, 0.2) is 6.54 Å². The number of quaternary nitrogens is 1. The van der Waals surface area contributed by atoms with E-state index < -0.39 is 0 Å². The van der Waals surface area contributed by atoms with E-state index in [-0.39, 0.29) is 11.8 Å². The number of thioether (sulfide) groups is 1. The summed E-state index contributed by atoms with van der Waals surface area (Å²) in [6.45, 7) is 1.05. The van der Waals surface area contributed by atoms with Crippen LogP contribution in [0.25, 0.3) is 0 Å². The van der Waals surface area contributed by atoms with Crippen molar-refractivity contribution in [2.75, 3.05) is 30.5 Å². The first-order valence-electron chi connectivity index (χ1n) is 9.74. The molecular weight excluding hydrogens is 394 g/mol. The molecule has 0 radical (unpaired) electrons. The van der Waals surface area contributed by atoms with Crippen LogP contribution in [0.1, 0.15) is 15.9 Å². The molecule has 6 heteroatoms. The van der Waals surface area contributed by atoms with Crippen LogP contribution < -0.4 is 15.5 Å². The summed E-state index contributed by atoms with van der Waals surface area (Å²) in [6, 6.07) is 24.7. The number of hydrogen-bond acceptors (Lipinski definition) is 3. The molecule has 0 aromatic heterocycles.